The van der Waals surface area contributed by atoms with E-state index in [1.165, 1.54) is 0 Å². The highest BCUT2D eigenvalue weighted by Crippen LogP contribution is 2.17. The van der Waals surface area contributed by atoms with Crippen LogP contribution in [0.25, 0.3) is 10.9 Å². The number of fused-ring (bicyclic) bond motifs is 1. The van der Waals surface area contributed by atoms with Crippen molar-refractivity contribution in [3.63, 3.8) is 0 Å². The van der Waals surface area contributed by atoms with Gasteiger partial charge in [0.2, 0.25) is 0 Å². The van der Waals surface area contributed by atoms with E-state index in [0.29, 0.717) is 0 Å². The van der Waals surface area contributed by atoms with Gasteiger partial charge < -0.3 is 10.7 Å². The second kappa shape index (κ2) is 2.80. The third-order valence-corrected chi connectivity index (χ3v) is 1.52. The number of hydrogen-bond donors (Lipinski definition) is 2. The molecule has 2 rings (SSSR count). The Labute approximate surface area is 70.0 Å². The predicted octanol–water partition coefficient (Wildman–Crippen LogP) is 1.57. The summed E-state index contributed by atoms with van der Waals surface area (Å²) in [5.74, 6) is 0. The van der Waals surface area contributed by atoms with E-state index in [0.717, 1.165) is 16.6 Å². The minimum Gasteiger partial charge on any atom is -0.397 e. The molecule has 0 aliphatic rings. The van der Waals surface area contributed by atoms with E-state index in [4.69, 9.17) is 5.73 Å². The topological polar surface area (TPSA) is 54.7 Å². The molecule has 2 aromatic heterocycles. The van der Waals surface area contributed by atoms with Gasteiger partial charge in [0.05, 0.1) is 11.2 Å². The van der Waals surface area contributed by atoms with Crippen LogP contribution in [0.15, 0.2) is 24.7 Å². The summed E-state index contributed by atoms with van der Waals surface area (Å²) in [6.07, 6.45) is 5.26. The van der Waals surface area contributed by atoms with E-state index in [2.05, 4.69) is 9.97 Å². The number of halogens is 1. The summed E-state index contributed by atoms with van der Waals surface area (Å²) in [6, 6.07) is 1.89. The van der Waals surface area contributed by atoms with Crippen LogP contribution in [0.5, 0.6) is 0 Å². The van der Waals surface area contributed by atoms with Gasteiger partial charge in [-0.3, -0.25) is 4.98 Å². The van der Waals surface area contributed by atoms with E-state index < -0.39 is 0 Å². The Morgan fingerprint density at radius 2 is 2.27 bits per heavy atom. The van der Waals surface area contributed by atoms with Crippen molar-refractivity contribution >= 4 is 29.0 Å². The van der Waals surface area contributed by atoms with Gasteiger partial charge in [-0.05, 0) is 6.07 Å². The number of anilines is 1. The average molecular weight is 170 g/mol. The Morgan fingerprint density at radius 3 is 3.00 bits per heavy atom. The number of hydrogen-bond acceptors (Lipinski definition) is 2. The third kappa shape index (κ3) is 1.14. The van der Waals surface area contributed by atoms with Gasteiger partial charge in [0.15, 0.2) is 0 Å². The third-order valence-electron chi connectivity index (χ3n) is 1.52. The van der Waals surface area contributed by atoms with Crippen LogP contribution in [0.3, 0.4) is 0 Å². The van der Waals surface area contributed by atoms with Gasteiger partial charge in [-0.15, -0.1) is 12.4 Å². The summed E-state index contributed by atoms with van der Waals surface area (Å²) >= 11 is 0. The summed E-state index contributed by atoms with van der Waals surface area (Å²) in [7, 11) is 0. The molecule has 0 radical (unpaired) electrons. The van der Waals surface area contributed by atoms with Crippen molar-refractivity contribution in [1.29, 1.82) is 0 Å². The van der Waals surface area contributed by atoms with Gasteiger partial charge in [-0.25, -0.2) is 0 Å². The second-order valence-corrected chi connectivity index (χ2v) is 2.17. The zero-order chi connectivity index (χ0) is 6.97. The van der Waals surface area contributed by atoms with Gasteiger partial charge in [0, 0.05) is 24.0 Å². The largest absolute Gasteiger partial charge is 0.397 e. The van der Waals surface area contributed by atoms with Crippen LogP contribution in [0.4, 0.5) is 5.69 Å². The number of aromatic amines is 1. The molecular formula is C7H8ClN3. The standard InChI is InChI=1S/C7H7N3.ClH/c8-6-4-10-7-1-2-9-3-5(6)7;/h1-4,10H,8H2;1H. The summed E-state index contributed by atoms with van der Waals surface area (Å²) in [6.45, 7) is 0. The summed E-state index contributed by atoms with van der Waals surface area (Å²) in [5.41, 5.74) is 7.39. The zero-order valence-electron chi connectivity index (χ0n) is 5.74. The van der Waals surface area contributed by atoms with Crippen molar-refractivity contribution in [2.75, 3.05) is 5.73 Å². The lowest BCUT2D eigenvalue weighted by atomic mass is 10.3. The molecule has 0 fully saturated rings. The molecular weight excluding hydrogens is 162 g/mol. The number of H-pyrrole nitrogens is 1. The molecule has 4 heteroatoms. The van der Waals surface area contributed by atoms with Crippen molar-refractivity contribution in [3.05, 3.63) is 24.7 Å². The molecule has 2 heterocycles. The number of nitrogen functional groups attached to an aromatic ring is 1. The van der Waals surface area contributed by atoms with Gasteiger partial charge in [0.1, 0.15) is 0 Å². The van der Waals surface area contributed by atoms with Crippen LogP contribution in [0, 0.1) is 0 Å². The molecule has 0 aliphatic heterocycles. The van der Waals surface area contributed by atoms with E-state index in [9.17, 15) is 0 Å². The molecule has 0 bridgehead atoms. The molecule has 0 saturated carbocycles. The first-order valence-electron chi connectivity index (χ1n) is 3.04. The van der Waals surface area contributed by atoms with Crippen LogP contribution >= 0.6 is 12.4 Å². The molecule has 0 amide bonds. The maximum Gasteiger partial charge on any atom is 0.0587 e. The summed E-state index contributed by atoms with van der Waals surface area (Å²) in [5, 5.41) is 0.988. The monoisotopic (exact) mass is 169 g/mol. The molecule has 3 N–H and O–H groups in total. The Hall–Kier alpha value is -1.22. The summed E-state index contributed by atoms with van der Waals surface area (Å²) < 4.78 is 0. The number of rotatable bonds is 0. The Bertz CT molecular complexity index is 355. The smallest absolute Gasteiger partial charge is 0.0587 e. The van der Waals surface area contributed by atoms with Crippen LogP contribution in [0.1, 0.15) is 0 Å². The number of nitrogens with one attached hydrogen (secondary N) is 1. The molecule has 11 heavy (non-hydrogen) atoms. The van der Waals surface area contributed by atoms with Gasteiger partial charge in [-0.1, -0.05) is 0 Å². The SMILES string of the molecule is Cl.Nc1c[nH]c2ccncc12. The first-order valence-corrected chi connectivity index (χ1v) is 3.04. The second-order valence-electron chi connectivity index (χ2n) is 2.17. The number of nitrogens with zero attached hydrogens (tertiary/aromatic N) is 1. The number of nitrogens with two attached hydrogens (primary N) is 1. The number of pyridine rings is 1. The fourth-order valence-corrected chi connectivity index (χ4v) is 0.984. The Balaban J connectivity index is 0.000000605. The zero-order valence-corrected chi connectivity index (χ0v) is 6.56. The molecule has 0 saturated heterocycles. The molecule has 0 spiro atoms. The minimum absolute atomic E-state index is 0. The van der Waals surface area contributed by atoms with Crippen molar-refractivity contribution in [3.8, 4) is 0 Å². The lowest BCUT2D eigenvalue weighted by Crippen LogP contribution is -1.79. The normalized spacial score (nSPS) is 9.45. The lowest BCUT2D eigenvalue weighted by Gasteiger charge is -1.86. The fraction of sp³-hybridized carbons (Fsp3) is 0. The van der Waals surface area contributed by atoms with Crippen molar-refractivity contribution in [2.45, 2.75) is 0 Å². The van der Waals surface area contributed by atoms with Gasteiger partial charge in [0.25, 0.3) is 0 Å². The fourth-order valence-electron chi connectivity index (χ4n) is 0.984. The van der Waals surface area contributed by atoms with Crippen LogP contribution in [0.2, 0.25) is 0 Å². The molecule has 0 aliphatic carbocycles. The highest BCUT2D eigenvalue weighted by molar-refractivity contribution is 5.90. The Morgan fingerprint density at radius 1 is 1.45 bits per heavy atom. The van der Waals surface area contributed by atoms with E-state index in [1.807, 2.05) is 6.07 Å². The van der Waals surface area contributed by atoms with Crippen molar-refractivity contribution in [2.24, 2.45) is 0 Å². The Kier molecular flexibility index (Phi) is 2.01. The predicted molar refractivity (Wildman–Crippen MR) is 47.8 cm³/mol. The minimum atomic E-state index is 0. The molecule has 0 unspecified atom stereocenters. The maximum absolute atomic E-state index is 5.60. The maximum atomic E-state index is 5.60. The van der Waals surface area contributed by atoms with E-state index in [-0.39, 0.29) is 12.4 Å². The van der Waals surface area contributed by atoms with Crippen LogP contribution in [-0.2, 0) is 0 Å². The number of aromatic nitrogens is 2. The van der Waals surface area contributed by atoms with Gasteiger partial charge >= 0.3 is 0 Å². The van der Waals surface area contributed by atoms with Crippen LogP contribution < -0.4 is 5.73 Å². The highest BCUT2D eigenvalue weighted by Gasteiger charge is 1.96. The average Bonchev–Trinajstić information content (AvgIpc) is 2.34. The lowest BCUT2D eigenvalue weighted by molar-refractivity contribution is 1.36. The molecule has 58 valence electrons. The van der Waals surface area contributed by atoms with Crippen molar-refractivity contribution in [1.82, 2.24) is 9.97 Å². The first-order chi connectivity index (χ1) is 4.88. The quantitative estimate of drug-likeness (QED) is 0.629. The molecule has 0 atom stereocenters. The molecule has 2 aromatic rings. The molecule has 3 nitrogen and oxygen atoms in total. The van der Waals surface area contributed by atoms with E-state index >= 15 is 0 Å². The summed E-state index contributed by atoms with van der Waals surface area (Å²) in [4.78, 5) is 6.97. The van der Waals surface area contributed by atoms with Crippen molar-refractivity contribution < 1.29 is 0 Å². The van der Waals surface area contributed by atoms with Gasteiger partial charge in [-0.2, -0.15) is 0 Å². The first kappa shape index (κ1) is 7.88. The highest BCUT2D eigenvalue weighted by atomic mass is 35.5. The van der Waals surface area contributed by atoms with Crippen LogP contribution in [-0.4, -0.2) is 9.97 Å². The van der Waals surface area contributed by atoms with E-state index in [1.54, 1.807) is 18.6 Å². The molecule has 0 aromatic carbocycles.